The van der Waals surface area contributed by atoms with E-state index in [0.29, 0.717) is 18.9 Å². The maximum absolute atomic E-state index is 12.0. The summed E-state index contributed by atoms with van der Waals surface area (Å²) in [6.45, 7) is 2.47. The minimum absolute atomic E-state index is 0.0220. The zero-order valence-electron chi connectivity index (χ0n) is 11.1. The molecule has 2 heterocycles. The van der Waals surface area contributed by atoms with Gasteiger partial charge in [-0.1, -0.05) is 6.07 Å². The summed E-state index contributed by atoms with van der Waals surface area (Å²) in [5.74, 6) is 1.11. The smallest absolute Gasteiger partial charge is 0.248 e. The highest BCUT2D eigenvalue weighted by Crippen LogP contribution is 2.29. The normalized spacial score (nSPS) is 23.8. The first-order chi connectivity index (χ1) is 9.31. The van der Waals surface area contributed by atoms with Gasteiger partial charge in [0.2, 0.25) is 5.91 Å². The predicted molar refractivity (Wildman–Crippen MR) is 71.3 cm³/mol. The van der Waals surface area contributed by atoms with Crippen molar-refractivity contribution in [3.63, 3.8) is 0 Å². The molecule has 1 unspecified atom stereocenters. The molecule has 0 aromatic carbocycles. The molecule has 0 N–H and O–H groups in total. The van der Waals surface area contributed by atoms with Crippen molar-refractivity contribution < 1.29 is 9.53 Å². The molecule has 19 heavy (non-hydrogen) atoms. The van der Waals surface area contributed by atoms with Crippen LogP contribution in [0.1, 0.15) is 25.7 Å². The van der Waals surface area contributed by atoms with Crippen molar-refractivity contribution >= 4 is 5.91 Å². The van der Waals surface area contributed by atoms with Gasteiger partial charge in [-0.3, -0.25) is 4.79 Å². The minimum atomic E-state index is -0.0220. The highest BCUT2D eigenvalue weighted by molar-refractivity contribution is 5.77. The average Bonchev–Trinajstić information content (AvgIpc) is 3.07. The van der Waals surface area contributed by atoms with Crippen LogP contribution in [-0.2, 0) is 16.1 Å². The van der Waals surface area contributed by atoms with Crippen LogP contribution in [0.5, 0.6) is 0 Å². The summed E-state index contributed by atoms with van der Waals surface area (Å²) in [6, 6.07) is 5.86. The van der Waals surface area contributed by atoms with Crippen LogP contribution >= 0.6 is 0 Å². The van der Waals surface area contributed by atoms with Gasteiger partial charge < -0.3 is 9.30 Å². The maximum Gasteiger partial charge on any atom is 0.248 e. The fourth-order valence-corrected chi connectivity index (χ4v) is 2.47. The van der Waals surface area contributed by atoms with E-state index < -0.39 is 0 Å². The molecule has 1 aliphatic heterocycles. The molecule has 0 spiro atoms. The van der Waals surface area contributed by atoms with Gasteiger partial charge in [-0.25, -0.2) is 0 Å². The van der Waals surface area contributed by atoms with Crippen LogP contribution in [0.25, 0.3) is 0 Å². The van der Waals surface area contributed by atoms with Crippen molar-refractivity contribution in [2.24, 2.45) is 16.8 Å². The molecule has 1 saturated carbocycles. The molecule has 0 bridgehead atoms. The first-order valence-corrected chi connectivity index (χ1v) is 7.12. The van der Waals surface area contributed by atoms with Crippen molar-refractivity contribution in [3.8, 4) is 0 Å². The Morgan fingerprint density at radius 1 is 1.32 bits per heavy atom. The van der Waals surface area contributed by atoms with Crippen molar-refractivity contribution in [3.05, 3.63) is 29.9 Å². The lowest BCUT2D eigenvalue weighted by molar-refractivity contribution is -0.119. The number of rotatable bonds is 4. The second-order valence-electron chi connectivity index (χ2n) is 5.59. The number of carbonyl (C=O) groups excluding carboxylic acids is 1. The van der Waals surface area contributed by atoms with Gasteiger partial charge in [0.1, 0.15) is 5.49 Å². The molecule has 4 heteroatoms. The number of nitrogens with zero attached hydrogens (tertiary/aromatic N) is 2. The molecule has 2 fully saturated rings. The molecule has 102 valence electrons. The number of pyridine rings is 1. The molecule has 1 aromatic rings. The number of aromatic nitrogens is 1. The molecule has 1 saturated heterocycles. The van der Waals surface area contributed by atoms with Crippen molar-refractivity contribution in [2.75, 3.05) is 13.2 Å². The Morgan fingerprint density at radius 3 is 2.95 bits per heavy atom. The molecule has 3 rings (SSSR count). The summed E-state index contributed by atoms with van der Waals surface area (Å²) >= 11 is 0. The van der Waals surface area contributed by atoms with E-state index in [1.165, 1.54) is 12.8 Å². The summed E-state index contributed by atoms with van der Waals surface area (Å²) in [7, 11) is 0. The Labute approximate surface area is 113 Å². The zero-order valence-corrected chi connectivity index (χ0v) is 11.1. The summed E-state index contributed by atoms with van der Waals surface area (Å²) in [5.41, 5.74) is 0.790. The van der Waals surface area contributed by atoms with Gasteiger partial charge >= 0.3 is 0 Å². The van der Waals surface area contributed by atoms with Gasteiger partial charge in [-0.05, 0) is 43.2 Å². The van der Waals surface area contributed by atoms with Gasteiger partial charge in [0.25, 0.3) is 0 Å². The summed E-state index contributed by atoms with van der Waals surface area (Å²) < 4.78 is 7.39. The Hall–Kier alpha value is -1.42. The summed E-state index contributed by atoms with van der Waals surface area (Å²) in [6.07, 6.45) is 6.11. The summed E-state index contributed by atoms with van der Waals surface area (Å²) in [4.78, 5) is 16.3. The molecule has 1 aliphatic carbocycles. The lowest BCUT2D eigenvalue weighted by atomic mass is 10.1. The molecule has 1 aromatic heterocycles. The Balaban J connectivity index is 1.71. The van der Waals surface area contributed by atoms with Crippen molar-refractivity contribution in [1.29, 1.82) is 0 Å². The molecular formula is C15H20N2O2. The minimum Gasteiger partial charge on any atom is -0.381 e. The zero-order chi connectivity index (χ0) is 13.1. The van der Waals surface area contributed by atoms with E-state index >= 15 is 0 Å². The van der Waals surface area contributed by atoms with Crippen molar-refractivity contribution in [1.82, 2.24) is 4.57 Å². The highest BCUT2D eigenvalue weighted by atomic mass is 16.5. The van der Waals surface area contributed by atoms with Crippen LogP contribution in [-0.4, -0.2) is 23.7 Å². The quantitative estimate of drug-likeness (QED) is 0.828. The van der Waals surface area contributed by atoms with E-state index in [0.717, 1.165) is 31.0 Å². The van der Waals surface area contributed by atoms with Gasteiger partial charge in [-0.15, -0.1) is 0 Å². The molecule has 1 amide bonds. The van der Waals surface area contributed by atoms with E-state index in [4.69, 9.17) is 4.74 Å². The predicted octanol–water partition coefficient (Wildman–Crippen LogP) is 1.75. The second kappa shape index (κ2) is 5.70. The standard InChI is InChI=1S/C15H20N2O2/c18-15(9-13-6-8-19-11-13)16-14-3-1-2-7-17(14)10-12-4-5-12/h1-3,7,12-13H,4-6,8-11H2. The van der Waals surface area contributed by atoms with Gasteiger partial charge in [0, 0.05) is 32.4 Å². The van der Waals surface area contributed by atoms with Crippen LogP contribution in [0.4, 0.5) is 0 Å². The third kappa shape index (κ3) is 3.53. The van der Waals surface area contributed by atoms with E-state index in [1.54, 1.807) is 0 Å². The van der Waals surface area contributed by atoms with Gasteiger partial charge in [-0.2, -0.15) is 4.99 Å². The van der Waals surface area contributed by atoms with Gasteiger partial charge in [0.05, 0.1) is 0 Å². The SMILES string of the molecule is O=C(CC1CCOC1)N=c1ccccn1CC1CC1. The van der Waals surface area contributed by atoms with Crippen LogP contribution < -0.4 is 5.49 Å². The van der Waals surface area contributed by atoms with Crippen LogP contribution in [0, 0.1) is 11.8 Å². The number of hydrogen-bond donors (Lipinski definition) is 0. The topological polar surface area (TPSA) is 43.6 Å². The molecule has 0 radical (unpaired) electrons. The summed E-state index contributed by atoms with van der Waals surface area (Å²) in [5, 5.41) is 0. The number of hydrogen-bond acceptors (Lipinski definition) is 2. The van der Waals surface area contributed by atoms with Crippen LogP contribution in [0.2, 0.25) is 0 Å². The lowest BCUT2D eigenvalue weighted by Gasteiger charge is -2.06. The third-order valence-corrected chi connectivity index (χ3v) is 3.80. The number of carbonyl (C=O) groups is 1. The Bertz CT molecular complexity index is 511. The van der Waals surface area contributed by atoms with Crippen LogP contribution in [0.15, 0.2) is 29.4 Å². The van der Waals surface area contributed by atoms with E-state index in [1.807, 2.05) is 24.4 Å². The number of ether oxygens (including phenoxy) is 1. The highest BCUT2D eigenvalue weighted by Gasteiger charge is 2.22. The third-order valence-electron chi connectivity index (χ3n) is 3.80. The van der Waals surface area contributed by atoms with Gasteiger partial charge in [0.15, 0.2) is 0 Å². The van der Waals surface area contributed by atoms with E-state index in [-0.39, 0.29) is 5.91 Å². The lowest BCUT2D eigenvalue weighted by Crippen LogP contribution is -2.23. The molecule has 1 atom stereocenters. The van der Waals surface area contributed by atoms with Crippen LogP contribution in [0.3, 0.4) is 0 Å². The maximum atomic E-state index is 12.0. The first-order valence-electron chi connectivity index (χ1n) is 7.12. The van der Waals surface area contributed by atoms with E-state index in [2.05, 4.69) is 9.56 Å². The van der Waals surface area contributed by atoms with E-state index in [9.17, 15) is 4.79 Å². The molecular weight excluding hydrogens is 240 g/mol. The number of amides is 1. The molecule has 4 nitrogen and oxygen atoms in total. The monoisotopic (exact) mass is 260 g/mol. The first kappa shape index (κ1) is 12.6. The second-order valence-corrected chi connectivity index (χ2v) is 5.59. The Kier molecular flexibility index (Phi) is 3.78. The van der Waals surface area contributed by atoms with Crippen molar-refractivity contribution in [2.45, 2.75) is 32.2 Å². The fraction of sp³-hybridized carbons (Fsp3) is 0.600. The largest absolute Gasteiger partial charge is 0.381 e. The fourth-order valence-electron chi connectivity index (χ4n) is 2.47. The average molecular weight is 260 g/mol. The molecule has 2 aliphatic rings. The Morgan fingerprint density at radius 2 is 2.21 bits per heavy atom.